The molecule has 0 saturated heterocycles. The molecule has 1 aliphatic carbocycles. The highest BCUT2D eigenvalue weighted by molar-refractivity contribution is 5.89. The Morgan fingerprint density at radius 2 is 1.62 bits per heavy atom. The van der Waals surface area contributed by atoms with Gasteiger partial charge in [-0.15, -0.1) is 0 Å². The van der Waals surface area contributed by atoms with Crippen LogP contribution >= 0.6 is 0 Å². The van der Waals surface area contributed by atoms with Gasteiger partial charge in [0.15, 0.2) is 0 Å². The van der Waals surface area contributed by atoms with Crippen LogP contribution in [0.2, 0.25) is 0 Å². The smallest absolute Gasteiger partial charge is 0.319 e. The van der Waals surface area contributed by atoms with Crippen LogP contribution in [0.1, 0.15) is 39.0 Å². The number of carbonyl (C=O) groups is 1. The van der Waals surface area contributed by atoms with Gasteiger partial charge in [-0.2, -0.15) is 0 Å². The molecule has 1 fully saturated rings. The van der Waals surface area contributed by atoms with E-state index in [-0.39, 0.29) is 12.1 Å². The van der Waals surface area contributed by atoms with Gasteiger partial charge in [-0.25, -0.2) is 4.79 Å². The molecule has 1 heterocycles. The minimum absolute atomic E-state index is 0.121. The summed E-state index contributed by atoms with van der Waals surface area (Å²) in [6.07, 6.45) is 9.91. The Balaban J connectivity index is 1.54. The summed E-state index contributed by atoms with van der Waals surface area (Å²) in [6.45, 7) is 2.11. The Morgan fingerprint density at radius 3 is 2.29 bits per heavy atom. The molecule has 24 heavy (non-hydrogen) atoms. The van der Waals surface area contributed by atoms with E-state index < -0.39 is 0 Å². The number of aromatic nitrogens is 1. The molecule has 0 radical (unpaired) electrons. The number of pyridine rings is 1. The summed E-state index contributed by atoms with van der Waals surface area (Å²) in [5.74, 6) is 0.610. The van der Waals surface area contributed by atoms with Crippen molar-refractivity contribution in [3.05, 3.63) is 48.8 Å². The molecule has 0 spiro atoms. The number of rotatable bonds is 4. The van der Waals surface area contributed by atoms with Crippen LogP contribution in [-0.4, -0.2) is 17.1 Å². The third-order valence-electron chi connectivity index (χ3n) is 4.87. The summed E-state index contributed by atoms with van der Waals surface area (Å²) in [4.78, 5) is 16.2. The van der Waals surface area contributed by atoms with Crippen molar-refractivity contribution < 1.29 is 4.79 Å². The zero-order chi connectivity index (χ0) is 16.8. The molecule has 2 amide bonds. The number of anilines is 1. The molecule has 0 unspecified atom stereocenters. The maximum atomic E-state index is 12.2. The molecule has 126 valence electrons. The third kappa shape index (κ3) is 4.34. The first-order chi connectivity index (χ1) is 11.7. The monoisotopic (exact) mass is 323 g/mol. The summed E-state index contributed by atoms with van der Waals surface area (Å²) < 4.78 is 0. The van der Waals surface area contributed by atoms with Gasteiger partial charge in [-0.05, 0) is 61.1 Å². The fourth-order valence-corrected chi connectivity index (χ4v) is 3.42. The van der Waals surface area contributed by atoms with Gasteiger partial charge in [-0.3, -0.25) is 4.98 Å². The second-order valence-electron chi connectivity index (χ2n) is 6.60. The normalized spacial score (nSPS) is 16.4. The average molecular weight is 323 g/mol. The maximum Gasteiger partial charge on any atom is 0.319 e. The van der Waals surface area contributed by atoms with Gasteiger partial charge < -0.3 is 10.6 Å². The number of hydrogen-bond donors (Lipinski definition) is 2. The molecular weight excluding hydrogens is 298 g/mol. The van der Waals surface area contributed by atoms with E-state index in [0.29, 0.717) is 5.92 Å². The molecule has 1 atom stereocenters. The van der Waals surface area contributed by atoms with Crippen molar-refractivity contribution in [2.45, 2.75) is 45.1 Å². The quantitative estimate of drug-likeness (QED) is 0.846. The fraction of sp³-hybridized carbons (Fsp3) is 0.400. The molecular formula is C20H25N3O. The van der Waals surface area contributed by atoms with Crippen LogP contribution in [0, 0.1) is 5.92 Å². The standard InChI is InChI=1S/C20H25N3O/c1-15(16-5-3-2-4-6-16)22-20(24)23-19-9-7-17(8-10-19)18-11-13-21-14-12-18/h7-16H,2-6H2,1H3,(H2,22,23,24)/t15-/m1/s1. The molecule has 4 heteroatoms. The molecule has 0 aliphatic heterocycles. The molecule has 1 saturated carbocycles. The zero-order valence-corrected chi connectivity index (χ0v) is 14.2. The number of nitrogens with one attached hydrogen (secondary N) is 2. The predicted octanol–water partition coefficient (Wildman–Crippen LogP) is 4.84. The fourth-order valence-electron chi connectivity index (χ4n) is 3.42. The summed E-state index contributed by atoms with van der Waals surface area (Å²) in [6, 6.07) is 11.9. The van der Waals surface area contributed by atoms with Gasteiger partial charge in [-0.1, -0.05) is 31.4 Å². The van der Waals surface area contributed by atoms with Crippen molar-refractivity contribution in [2.24, 2.45) is 5.92 Å². The van der Waals surface area contributed by atoms with Gasteiger partial charge >= 0.3 is 6.03 Å². The lowest BCUT2D eigenvalue weighted by atomic mass is 9.85. The van der Waals surface area contributed by atoms with E-state index in [1.807, 2.05) is 36.4 Å². The van der Waals surface area contributed by atoms with Gasteiger partial charge in [0.2, 0.25) is 0 Å². The molecule has 4 nitrogen and oxygen atoms in total. The lowest BCUT2D eigenvalue weighted by molar-refractivity contribution is 0.235. The van der Waals surface area contributed by atoms with E-state index in [1.54, 1.807) is 12.4 Å². The maximum absolute atomic E-state index is 12.2. The van der Waals surface area contributed by atoms with Crippen molar-refractivity contribution in [2.75, 3.05) is 5.32 Å². The van der Waals surface area contributed by atoms with Crippen LogP contribution in [0.3, 0.4) is 0 Å². The van der Waals surface area contributed by atoms with Crippen molar-refractivity contribution in [1.82, 2.24) is 10.3 Å². The number of urea groups is 1. The second-order valence-corrected chi connectivity index (χ2v) is 6.60. The summed E-state index contributed by atoms with van der Waals surface area (Å²) >= 11 is 0. The van der Waals surface area contributed by atoms with Crippen LogP contribution in [0.4, 0.5) is 10.5 Å². The Kier molecular flexibility index (Phi) is 5.47. The van der Waals surface area contributed by atoms with E-state index in [4.69, 9.17) is 0 Å². The minimum Gasteiger partial charge on any atom is -0.335 e. The first-order valence-electron chi connectivity index (χ1n) is 8.80. The molecule has 1 aliphatic rings. The third-order valence-corrected chi connectivity index (χ3v) is 4.87. The largest absolute Gasteiger partial charge is 0.335 e. The van der Waals surface area contributed by atoms with Crippen LogP contribution in [-0.2, 0) is 0 Å². The minimum atomic E-state index is -0.121. The van der Waals surface area contributed by atoms with Crippen LogP contribution in [0.15, 0.2) is 48.8 Å². The van der Waals surface area contributed by atoms with Gasteiger partial charge in [0.1, 0.15) is 0 Å². The van der Waals surface area contributed by atoms with Crippen molar-refractivity contribution in [1.29, 1.82) is 0 Å². The number of amides is 2. The lowest BCUT2D eigenvalue weighted by Crippen LogP contribution is -2.41. The highest BCUT2D eigenvalue weighted by atomic mass is 16.2. The molecule has 2 N–H and O–H groups in total. The zero-order valence-electron chi connectivity index (χ0n) is 14.2. The van der Waals surface area contributed by atoms with Crippen molar-refractivity contribution in [3.8, 4) is 11.1 Å². The van der Waals surface area contributed by atoms with Crippen LogP contribution < -0.4 is 10.6 Å². The first-order valence-corrected chi connectivity index (χ1v) is 8.80. The van der Waals surface area contributed by atoms with E-state index in [2.05, 4.69) is 22.5 Å². The SMILES string of the molecule is C[C@@H](NC(=O)Nc1ccc(-c2ccncc2)cc1)C1CCCCC1. The van der Waals surface area contributed by atoms with Crippen LogP contribution in [0.5, 0.6) is 0 Å². The highest BCUT2D eigenvalue weighted by Gasteiger charge is 2.21. The lowest BCUT2D eigenvalue weighted by Gasteiger charge is -2.28. The van der Waals surface area contributed by atoms with Crippen LogP contribution in [0.25, 0.3) is 11.1 Å². The Bertz CT molecular complexity index is 648. The molecule has 0 bridgehead atoms. The molecule has 3 rings (SSSR count). The molecule has 1 aromatic carbocycles. The second kappa shape index (κ2) is 7.95. The van der Waals surface area contributed by atoms with E-state index >= 15 is 0 Å². The topological polar surface area (TPSA) is 54.0 Å². The van der Waals surface area contributed by atoms with Gasteiger partial charge in [0.05, 0.1) is 0 Å². The first kappa shape index (κ1) is 16.5. The molecule has 2 aromatic rings. The van der Waals surface area contributed by atoms with E-state index in [9.17, 15) is 4.79 Å². The number of carbonyl (C=O) groups excluding carboxylic acids is 1. The Morgan fingerprint density at radius 1 is 1.00 bits per heavy atom. The summed E-state index contributed by atoms with van der Waals surface area (Å²) in [5.41, 5.74) is 3.03. The van der Waals surface area contributed by atoms with E-state index in [1.165, 1.54) is 32.1 Å². The van der Waals surface area contributed by atoms with Crippen molar-refractivity contribution >= 4 is 11.7 Å². The highest BCUT2D eigenvalue weighted by Crippen LogP contribution is 2.26. The van der Waals surface area contributed by atoms with Gasteiger partial charge in [0.25, 0.3) is 0 Å². The summed E-state index contributed by atoms with van der Waals surface area (Å²) in [7, 11) is 0. The van der Waals surface area contributed by atoms with E-state index in [0.717, 1.165) is 16.8 Å². The van der Waals surface area contributed by atoms with Crippen molar-refractivity contribution in [3.63, 3.8) is 0 Å². The number of benzene rings is 1. The van der Waals surface area contributed by atoms with Gasteiger partial charge in [0, 0.05) is 24.1 Å². The summed E-state index contributed by atoms with van der Waals surface area (Å²) in [5, 5.41) is 6.01. The number of nitrogens with zero attached hydrogens (tertiary/aromatic N) is 1. The average Bonchev–Trinajstić information content (AvgIpc) is 2.64. The Hall–Kier alpha value is -2.36. The number of hydrogen-bond acceptors (Lipinski definition) is 2. The predicted molar refractivity (Wildman–Crippen MR) is 97.9 cm³/mol. The Labute approximate surface area is 143 Å². The molecule has 1 aromatic heterocycles.